The number of nitrogens with zero attached hydrogens (tertiary/aromatic N) is 2. The summed E-state index contributed by atoms with van der Waals surface area (Å²) < 4.78 is 3.34. The molecule has 1 heterocycles. The molecular formula is C18H20BrN3. The van der Waals surface area contributed by atoms with Crippen LogP contribution in [0.3, 0.4) is 0 Å². The monoisotopic (exact) mass is 357 g/mol. The van der Waals surface area contributed by atoms with E-state index in [9.17, 15) is 0 Å². The van der Waals surface area contributed by atoms with Gasteiger partial charge >= 0.3 is 0 Å². The van der Waals surface area contributed by atoms with Crippen molar-refractivity contribution < 1.29 is 0 Å². The zero-order chi connectivity index (χ0) is 15.4. The van der Waals surface area contributed by atoms with E-state index in [0.29, 0.717) is 0 Å². The number of hydrogen-bond acceptors (Lipinski definition) is 2. The van der Waals surface area contributed by atoms with E-state index in [2.05, 4.69) is 80.2 Å². The molecule has 1 N–H and O–H groups in total. The number of benzene rings is 2. The van der Waals surface area contributed by atoms with Gasteiger partial charge in [-0.25, -0.2) is 4.98 Å². The van der Waals surface area contributed by atoms with E-state index in [4.69, 9.17) is 0 Å². The summed E-state index contributed by atoms with van der Waals surface area (Å²) in [4.78, 5) is 4.52. The number of rotatable bonds is 6. The zero-order valence-electron chi connectivity index (χ0n) is 12.7. The van der Waals surface area contributed by atoms with Crippen molar-refractivity contribution in [2.24, 2.45) is 0 Å². The van der Waals surface area contributed by atoms with Crippen LogP contribution in [0.15, 0.2) is 53.3 Å². The molecule has 22 heavy (non-hydrogen) atoms. The maximum Gasteiger partial charge on any atom is 0.0958 e. The third kappa shape index (κ3) is 3.50. The molecule has 114 valence electrons. The molecular weight excluding hydrogens is 338 g/mol. The highest BCUT2D eigenvalue weighted by Gasteiger charge is 2.03. The molecule has 0 spiro atoms. The Kier molecular flexibility index (Phi) is 4.78. The molecule has 0 unspecified atom stereocenters. The van der Waals surface area contributed by atoms with Gasteiger partial charge in [-0.05, 0) is 42.3 Å². The third-order valence-electron chi connectivity index (χ3n) is 3.78. The van der Waals surface area contributed by atoms with Crippen molar-refractivity contribution >= 4 is 32.7 Å². The number of halogens is 1. The van der Waals surface area contributed by atoms with Crippen molar-refractivity contribution in [2.75, 3.05) is 5.32 Å². The minimum atomic E-state index is 0.815. The summed E-state index contributed by atoms with van der Waals surface area (Å²) in [6.45, 7) is 4.07. The largest absolute Gasteiger partial charge is 0.381 e. The number of aromatic nitrogens is 2. The van der Waals surface area contributed by atoms with Crippen LogP contribution in [0.25, 0.3) is 11.0 Å². The second-order valence-corrected chi connectivity index (χ2v) is 6.39. The molecule has 3 aromatic rings. The quantitative estimate of drug-likeness (QED) is 0.655. The smallest absolute Gasteiger partial charge is 0.0958 e. The number of fused-ring (bicyclic) bond motifs is 1. The number of unbranched alkanes of at least 4 members (excludes halogenated alkanes) is 1. The highest BCUT2D eigenvalue weighted by molar-refractivity contribution is 9.10. The minimum absolute atomic E-state index is 0.815. The molecule has 3 nitrogen and oxygen atoms in total. The second-order valence-electron chi connectivity index (χ2n) is 5.48. The van der Waals surface area contributed by atoms with E-state index in [0.717, 1.165) is 28.8 Å². The molecule has 0 aliphatic heterocycles. The predicted octanol–water partition coefficient (Wildman–Crippen LogP) is 5.21. The topological polar surface area (TPSA) is 29.9 Å². The van der Waals surface area contributed by atoms with Gasteiger partial charge in [-0.2, -0.15) is 0 Å². The van der Waals surface area contributed by atoms with E-state index in [1.54, 1.807) is 0 Å². The molecule has 0 saturated heterocycles. The van der Waals surface area contributed by atoms with Crippen molar-refractivity contribution in [1.29, 1.82) is 0 Å². The Morgan fingerprint density at radius 1 is 1.14 bits per heavy atom. The van der Waals surface area contributed by atoms with Crippen LogP contribution in [0.1, 0.15) is 25.3 Å². The molecule has 0 amide bonds. The standard InChI is InChI=1S/C18H20BrN3/c1-2-3-10-22-13-21-17-11-16(8-9-18(17)22)20-12-14-4-6-15(19)7-5-14/h4-9,11,13,20H,2-3,10,12H2,1H3. The van der Waals surface area contributed by atoms with Crippen LogP contribution >= 0.6 is 15.9 Å². The first kappa shape index (κ1) is 15.1. The first-order valence-corrected chi connectivity index (χ1v) is 8.49. The number of imidazole rings is 1. The van der Waals surface area contributed by atoms with Crippen LogP contribution < -0.4 is 5.32 Å². The summed E-state index contributed by atoms with van der Waals surface area (Å²) in [6.07, 6.45) is 4.33. The van der Waals surface area contributed by atoms with Crippen LogP contribution in [-0.4, -0.2) is 9.55 Å². The third-order valence-corrected chi connectivity index (χ3v) is 4.31. The summed E-state index contributed by atoms with van der Waals surface area (Å²) >= 11 is 3.46. The maximum absolute atomic E-state index is 4.52. The van der Waals surface area contributed by atoms with Gasteiger partial charge in [-0.15, -0.1) is 0 Å². The lowest BCUT2D eigenvalue weighted by molar-refractivity contribution is 0.646. The highest BCUT2D eigenvalue weighted by Crippen LogP contribution is 2.19. The van der Waals surface area contributed by atoms with Gasteiger partial charge < -0.3 is 9.88 Å². The molecule has 0 saturated carbocycles. The number of anilines is 1. The average molecular weight is 358 g/mol. The molecule has 0 aliphatic rings. The van der Waals surface area contributed by atoms with E-state index in [-0.39, 0.29) is 0 Å². The fourth-order valence-corrected chi connectivity index (χ4v) is 2.75. The summed E-state index contributed by atoms with van der Waals surface area (Å²) in [5, 5.41) is 3.46. The van der Waals surface area contributed by atoms with Crippen molar-refractivity contribution in [3.63, 3.8) is 0 Å². The number of hydrogen-bond donors (Lipinski definition) is 1. The Hall–Kier alpha value is -1.81. The van der Waals surface area contributed by atoms with Crippen LogP contribution in [0, 0.1) is 0 Å². The lowest BCUT2D eigenvalue weighted by atomic mass is 10.2. The predicted molar refractivity (Wildman–Crippen MR) is 96.1 cm³/mol. The summed E-state index contributed by atoms with van der Waals surface area (Å²) in [6, 6.07) is 14.8. The van der Waals surface area contributed by atoms with Gasteiger partial charge in [0.1, 0.15) is 0 Å². The highest BCUT2D eigenvalue weighted by atomic mass is 79.9. The van der Waals surface area contributed by atoms with Gasteiger partial charge in [0.2, 0.25) is 0 Å². The molecule has 0 atom stereocenters. The molecule has 0 bridgehead atoms. The van der Waals surface area contributed by atoms with Gasteiger partial charge in [-0.3, -0.25) is 0 Å². The van der Waals surface area contributed by atoms with Gasteiger partial charge in [0, 0.05) is 23.2 Å². The first-order valence-electron chi connectivity index (χ1n) is 7.69. The van der Waals surface area contributed by atoms with Gasteiger partial charge in [0.15, 0.2) is 0 Å². The van der Waals surface area contributed by atoms with Crippen molar-refractivity contribution in [1.82, 2.24) is 9.55 Å². The van der Waals surface area contributed by atoms with E-state index < -0.39 is 0 Å². The summed E-state index contributed by atoms with van der Waals surface area (Å²) in [5.41, 5.74) is 4.63. The van der Waals surface area contributed by atoms with E-state index >= 15 is 0 Å². The van der Waals surface area contributed by atoms with E-state index in [1.807, 2.05) is 6.33 Å². The van der Waals surface area contributed by atoms with Crippen molar-refractivity contribution in [3.8, 4) is 0 Å². The Balaban J connectivity index is 1.71. The lowest BCUT2D eigenvalue weighted by Crippen LogP contribution is -1.99. The molecule has 0 fully saturated rings. The molecule has 1 aromatic heterocycles. The van der Waals surface area contributed by atoms with Crippen LogP contribution in [0.2, 0.25) is 0 Å². The second kappa shape index (κ2) is 6.97. The van der Waals surface area contributed by atoms with E-state index in [1.165, 1.54) is 23.9 Å². The average Bonchev–Trinajstić information content (AvgIpc) is 2.94. The SMILES string of the molecule is CCCCn1cnc2cc(NCc3ccc(Br)cc3)ccc21. The van der Waals surface area contributed by atoms with Crippen LogP contribution in [0.5, 0.6) is 0 Å². The molecule has 4 heteroatoms. The van der Waals surface area contributed by atoms with Gasteiger partial charge in [-0.1, -0.05) is 41.4 Å². The van der Waals surface area contributed by atoms with Gasteiger partial charge in [0.05, 0.1) is 17.4 Å². The molecule has 3 rings (SSSR count). The van der Waals surface area contributed by atoms with Crippen molar-refractivity contribution in [2.45, 2.75) is 32.9 Å². The fraction of sp³-hybridized carbons (Fsp3) is 0.278. The first-order chi connectivity index (χ1) is 10.8. The van der Waals surface area contributed by atoms with Crippen LogP contribution in [0.4, 0.5) is 5.69 Å². The van der Waals surface area contributed by atoms with Gasteiger partial charge in [0.25, 0.3) is 0 Å². The Bertz CT molecular complexity index is 747. The van der Waals surface area contributed by atoms with Crippen LogP contribution in [-0.2, 0) is 13.1 Å². The zero-order valence-corrected chi connectivity index (χ0v) is 14.3. The Morgan fingerprint density at radius 3 is 2.73 bits per heavy atom. The summed E-state index contributed by atoms with van der Waals surface area (Å²) in [5.74, 6) is 0. The lowest BCUT2D eigenvalue weighted by Gasteiger charge is -2.07. The number of nitrogens with one attached hydrogen (secondary N) is 1. The molecule has 0 radical (unpaired) electrons. The normalized spacial score (nSPS) is 11.0. The molecule has 0 aliphatic carbocycles. The Labute approximate surface area is 139 Å². The number of aryl methyl sites for hydroxylation is 1. The molecule has 2 aromatic carbocycles. The van der Waals surface area contributed by atoms with Crippen molar-refractivity contribution in [3.05, 3.63) is 58.8 Å². The maximum atomic E-state index is 4.52. The fourth-order valence-electron chi connectivity index (χ4n) is 2.49. The Morgan fingerprint density at radius 2 is 1.95 bits per heavy atom. The summed E-state index contributed by atoms with van der Waals surface area (Å²) in [7, 11) is 0. The minimum Gasteiger partial charge on any atom is -0.381 e.